The van der Waals surface area contributed by atoms with E-state index in [0.717, 1.165) is 19.1 Å². The molecular weight excluding hydrogens is 102 g/mol. The summed E-state index contributed by atoms with van der Waals surface area (Å²) in [5.41, 5.74) is 0. The van der Waals surface area contributed by atoms with E-state index >= 15 is 0 Å². The van der Waals surface area contributed by atoms with E-state index < -0.39 is 0 Å². The second-order valence-corrected chi connectivity index (χ2v) is 2.54. The Morgan fingerprint density at radius 1 is 1.62 bits per heavy atom. The number of hydrogen-bond donors (Lipinski definition) is 0. The van der Waals surface area contributed by atoms with Gasteiger partial charge in [0, 0.05) is 13.6 Å². The number of hydroxylamine groups is 2. The van der Waals surface area contributed by atoms with Crippen LogP contribution in [-0.4, -0.2) is 25.3 Å². The molecule has 0 aromatic carbocycles. The highest BCUT2D eigenvalue weighted by atomic mass is 16.7. The largest absolute Gasteiger partial charge is 0.299 e. The molecule has 8 heavy (non-hydrogen) atoms. The Kier molecular flexibility index (Phi) is 1.86. The predicted octanol–water partition coefficient (Wildman–Crippen LogP) is 0.890. The Bertz CT molecular complexity index is 66.9. The van der Waals surface area contributed by atoms with E-state index in [4.69, 9.17) is 4.84 Å². The summed E-state index contributed by atoms with van der Waals surface area (Å²) in [6, 6.07) is 0. The van der Waals surface area contributed by atoms with Gasteiger partial charge in [-0.05, 0) is 12.3 Å². The summed E-state index contributed by atoms with van der Waals surface area (Å²) in [6.45, 7) is 4.23. The molecule has 0 amide bonds. The normalized spacial score (nSPS) is 33.0. The van der Waals surface area contributed by atoms with Gasteiger partial charge >= 0.3 is 0 Å². The van der Waals surface area contributed by atoms with Crippen molar-refractivity contribution in [3.63, 3.8) is 0 Å². The van der Waals surface area contributed by atoms with Gasteiger partial charge in [0.15, 0.2) is 0 Å². The van der Waals surface area contributed by atoms with Crippen LogP contribution in [0, 0.1) is 5.92 Å². The Morgan fingerprint density at radius 2 is 2.38 bits per heavy atom. The van der Waals surface area contributed by atoms with Crippen molar-refractivity contribution in [2.75, 3.05) is 20.2 Å². The summed E-state index contributed by atoms with van der Waals surface area (Å²) in [6.07, 6.45) is 1.21. The molecule has 48 valence electrons. The Hall–Kier alpha value is -0.0800. The highest BCUT2D eigenvalue weighted by molar-refractivity contribution is 4.57. The van der Waals surface area contributed by atoms with Crippen LogP contribution in [0.4, 0.5) is 0 Å². The first-order valence-corrected chi connectivity index (χ1v) is 3.13. The average molecular weight is 115 g/mol. The predicted molar refractivity (Wildman–Crippen MR) is 32.4 cm³/mol. The standard InChI is InChI=1S/C6H13NO/c1-6-3-4-8-7(2)5-6/h6H,3-5H2,1-2H3. The van der Waals surface area contributed by atoms with Crippen molar-refractivity contribution in [2.24, 2.45) is 5.92 Å². The minimum atomic E-state index is 0.814. The van der Waals surface area contributed by atoms with Crippen molar-refractivity contribution >= 4 is 0 Å². The van der Waals surface area contributed by atoms with E-state index in [1.807, 2.05) is 12.1 Å². The molecule has 0 aromatic rings. The molecule has 1 saturated heterocycles. The van der Waals surface area contributed by atoms with Gasteiger partial charge in [-0.2, -0.15) is 5.06 Å². The van der Waals surface area contributed by atoms with E-state index in [-0.39, 0.29) is 0 Å². The zero-order valence-corrected chi connectivity index (χ0v) is 5.55. The van der Waals surface area contributed by atoms with E-state index in [2.05, 4.69) is 6.92 Å². The maximum atomic E-state index is 5.18. The number of rotatable bonds is 0. The van der Waals surface area contributed by atoms with Gasteiger partial charge < -0.3 is 0 Å². The lowest BCUT2D eigenvalue weighted by atomic mass is 10.1. The van der Waals surface area contributed by atoms with Crippen LogP contribution in [0.15, 0.2) is 0 Å². The molecule has 0 aliphatic carbocycles. The van der Waals surface area contributed by atoms with Crippen LogP contribution in [0.5, 0.6) is 0 Å². The lowest BCUT2D eigenvalue weighted by Gasteiger charge is -2.26. The summed E-state index contributed by atoms with van der Waals surface area (Å²) in [7, 11) is 1.98. The molecule has 0 saturated carbocycles. The summed E-state index contributed by atoms with van der Waals surface area (Å²) in [5, 5.41) is 1.91. The highest BCUT2D eigenvalue weighted by Gasteiger charge is 2.11. The smallest absolute Gasteiger partial charge is 0.0688 e. The van der Waals surface area contributed by atoms with E-state index in [9.17, 15) is 0 Å². The van der Waals surface area contributed by atoms with Crippen LogP contribution < -0.4 is 0 Å². The third-order valence-electron chi connectivity index (χ3n) is 1.49. The molecule has 1 aliphatic heterocycles. The van der Waals surface area contributed by atoms with Crippen molar-refractivity contribution in [3.05, 3.63) is 0 Å². The van der Waals surface area contributed by atoms with Crippen molar-refractivity contribution in [1.82, 2.24) is 5.06 Å². The monoisotopic (exact) mass is 115 g/mol. The molecule has 1 aliphatic rings. The minimum absolute atomic E-state index is 0.814. The first-order chi connectivity index (χ1) is 3.79. The highest BCUT2D eigenvalue weighted by Crippen LogP contribution is 2.09. The lowest BCUT2D eigenvalue weighted by molar-refractivity contribution is -0.174. The molecule has 2 heteroatoms. The quantitative estimate of drug-likeness (QED) is 0.465. The van der Waals surface area contributed by atoms with Gasteiger partial charge in [0.1, 0.15) is 0 Å². The Balaban J connectivity index is 2.23. The van der Waals surface area contributed by atoms with Crippen LogP contribution in [0.3, 0.4) is 0 Å². The molecule has 0 radical (unpaired) electrons. The minimum Gasteiger partial charge on any atom is -0.299 e. The van der Waals surface area contributed by atoms with Crippen molar-refractivity contribution < 1.29 is 4.84 Å². The fourth-order valence-electron chi connectivity index (χ4n) is 0.993. The van der Waals surface area contributed by atoms with Gasteiger partial charge in [0.25, 0.3) is 0 Å². The third-order valence-corrected chi connectivity index (χ3v) is 1.49. The first kappa shape index (κ1) is 6.05. The average Bonchev–Trinajstić information content (AvgIpc) is 1.64. The van der Waals surface area contributed by atoms with Crippen LogP contribution in [-0.2, 0) is 4.84 Å². The van der Waals surface area contributed by atoms with Crippen LogP contribution in [0.25, 0.3) is 0 Å². The van der Waals surface area contributed by atoms with Crippen molar-refractivity contribution in [1.29, 1.82) is 0 Å². The third kappa shape index (κ3) is 1.46. The van der Waals surface area contributed by atoms with E-state index in [0.29, 0.717) is 0 Å². The second kappa shape index (κ2) is 2.46. The van der Waals surface area contributed by atoms with E-state index in [1.165, 1.54) is 6.42 Å². The maximum absolute atomic E-state index is 5.18. The van der Waals surface area contributed by atoms with Crippen molar-refractivity contribution in [2.45, 2.75) is 13.3 Å². The fraction of sp³-hybridized carbons (Fsp3) is 1.00. The molecule has 1 unspecified atom stereocenters. The van der Waals surface area contributed by atoms with Gasteiger partial charge in [0.2, 0.25) is 0 Å². The van der Waals surface area contributed by atoms with Crippen LogP contribution in [0.2, 0.25) is 0 Å². The number of nitrogens with zero attached hydrogens (tertiary/aromatic N) is 1. The van der Waals surface area contributed by atoms with Gasteiger partial charge in [-0.3, -0.25) is 4.84 Å². The van der Waals surface area contributed by atoms with Gasteiger partial charge in [-0.1, -0.05) is 6.92 Å². The topological polar surface area (TPSA) is 12.5 Å². The molecule has 0 spiro atoms. The van der Waals surface area contributed by atoms with Gasteiger partial charge in [-0.25, -0.2) is 0 Å². The second-order valence-electron chi connectivity index (χ2n) is 2.54. The SMILES string of the molecule is CC1CCON(C)C1. The van der Waals surface area contributed by atoms with Crippen molar-refractivity contribution in [3.8, 4) is 0 Å². The lowest BCUT2D eigenvalue weighted by Crippen LogP contribution is -2.31. The Morgan fingerprint density at radius 3 is 2.75 bits per heavy atom. The molecule has 1 rings (SSSR count). The summed E-state index contributed by atoms with van der Waals surface area (Å²) < 4.78 is 0. The first-order valence-electron chi connectivity index (χ1n) is 3.13. The molecule has 1 atom stereocenters. The summed E-state index contributed by atoms with van der Waals surface area (Å²) >= 11 is 0. The van der Waals surface area contributed by atoms with Gasteiger partial charge in [0.05, 0.1) is 6.61 Å². The number of hydrogen-bond acceptors (Lipinski definition) is 2. The fourth-order valence-corrected chi connectivity index (χ4v) is 0.993. The zero-order chi connectivity index (χ0) is 5.98. The molecule has 0 aromatic heterocycles. The van der Waals surface area contributed by atoms with Crippen LogP contribution >= 0.6 is 0 Å². The maximum Gasteiger partial charge on any atom is 0.0688 e. The summed E-state index contributed by atoms with van der Waals surface area (Å²) in [5.74, 6) is 0.814. The molecule has 1 heterocycles. The summed E-state index contributed by atoms with van der Waals surface area (Å²) in [4.78, 5) is 5.18. The molecule has 0 N–H and O–H groups in total. The van der Waals surface area contributed by atoms with Crippen LogP contribution in [0.1, 0.15) is 13.3 Å². The zero-order valence-electron chi connectivity index (χ0n) is 5.55. The molecule has 0 bridgehead atoms. The molecular formula is C6H13NO. The molecule has 1 fully saturated rings. The van der Waals surface area contributed by atoms with E-state index in [1.54, 1.807) is 0 Å². The molecule has 2 nitrogen and oxygen atoms in total. The van der Waals surface area contributed by atoms with Gasteiger partial charge in [-0.15, -0.1) is 0 Å². The Labute approximate surface area is 50.4 Å².